The molecule has 0 saturated carbocycles. The van der Waals surface area contributed by atoms with Crippen molar-refractivity contribution in [3.8, 4) is 11.5 Å². The van der Waals surface area contributed by atoms with E-state index in [4.69, 9.17) is 13.9 Å². The van der Waals surface area contributed by atoms with Gasteiger partial charge >= 0.3 is 0 Å². The lowest BCUT2D eigenvalue weighted by Crippen LogP contribution is -2.17. The summed E-state index contributed by atoms with van der Waals surface area (Å²) in [5, 5.41) is 3.08. The molecule has 0 spiro atoms. The third-order valence-electron chi connectivity index (χ3n) is 3.78. The van der Waals surface area contributed by atoms with Gasteiger partial charge in [0.1, 0.15) is 18.1 Å². The first-order valence-electron chi connectivity index (χ1n) is 8.04. The van der Waals surface area contributed by atoms with Crippen molar-refractivity contribution in [2.45, 2.75) is 26.6 Å². The van der Waals surface area contributed by atoms with Gasteiger partial charge in [0.25, 0.3) is 0 Å². The number of methoxy groups -OCH3 is 1. The van der Waals surface area contributed by atoms with Crippen molar-refractivity contribution >= 4 is 11.3 Å². The highest BCUT2D eigenvalue weighted by molar-refractivity contribution is 7.09. The highest BCUT2D eigenvalue weighted by atomic mass is 32.1. The molecule has 0 N–H and O–H groups in total. The van der Waals surface area contributed by atoms with Gasteiger partial charge < -0.3 is 13.9 Å². The molecule has 0 bridgehead atoms. The van der Waals surface area contributed by atoms with Gasteiger partial charge in [0.2, 0.25) is 0 Å². The summed E-state index contributed by atoms with van der Waals surface area (Å²) in [6.45, 7) is 4.03. The van der Waals surface area contributed by atoms with Crippen LogP contribution in [0.1, 0.15) is 21.8 Å². The number of aryl methyl sites for hydroxylation is 1. The normalized spacial score (nSPS) is 11.0. The number of furan rings is 1. The Hall–Kier alpha value is -2.31. The fourth-order valence-corrected chi connectivity index (χ4v) is 3.24. The summed E-state index contributed by atoms with van der Waals surface area (Å²) >= 11 is 1.63. The molecule has 3 aromatic rings. The Bertz CT molecular complexity index is 799. The van der Waals surface area contributed by atoms with Crippen molar-refractivity contribution in [2.24, 2.45) is 0 Å². The Labute approximate surface area is 151 Å². The van der Waals surface area contributed by atoms with Crippen LogP contribution in [0.25, 0.3) is 0 Å². The molecule has 0 aliphatic carbocycles. The van der Waals surface area contributed by atoms with Gasteiger partial charge in [0.15, 0.2) is 0 Å². The zero-order valence-corrected chi connectivity index (χ0v) is 15.5. The quantitative estimate of drug-likeness (QED) is 0.602. The number of hydrogen-bond acceptors (Lipinski definition) is 6. The molecule has 0 atom stereocenters. The van der Waals surface area contributed by atoms with Gasteiger partial charge in [-0.2, -0.15) is 0 Å². The lowest BCUT2D eigenvalue weighted by molar-refractivity contribution is 0.293. The molecule has 0 unspecified atom stereocenters. The second-order valence-electron chi connectivity index (χ2n) is 5.92. The predicted octanol–water partition coefficient (Wildman–Crippen LogP) is 4.26. The number of nitrogens with zero attached hydrogens (tertiary/aromatic N) is 2. The van der Waals surface area contributed by atoms with E-state index in [1.807, 2.05) is 36.6 Å². The second kappa shape index (κ2) is 8.18. The Kier molecular flexibility index (Phi) is 5.73. The van der Waals surface area contributed by atoms with Crippen molar-refractivity contribution in [3.63, 3.8) is 0 Å². The Balaban J connectivity index is 1.66. The minimum atomic E-state index is 0.473. The van der Waals surface area contributed by atoms with Crippen LogP contribution in [-0.2, 0) is 19.7 Å². The molecule has 0 amide bonds. The van der Waals surface area contributed by atoms with Gasteiger partial charge in [0, 0.05) is 29.6 Å². The van der Waals surface area contributed by atoms with Crippen LogP contribution in [0.4, 0.5) is 0 Å². The average molecular weight is 358 g/mol. The number of rotatable bonds is 8. The summed E-state index contributed by atoms with van der Waals surface area (Å²) in [5.74, 6) is 1.68. The molecule has 2 heterocycles. The molecule has 5 nitrogen and oxygen atoms in total. The lowest BCUT2D eigenvalue weighted by Gasteiger charge is -2.18. The summed E-state index contributed by atoms with van der Waals surface area (Å²) < 4.78 is 16.5. The number of hydrogen-bond donors (Lipinski definition) is 0. The first kappa shape index (κ1) is 17.5. The van der Waals surface area contributed by atoms with Crippen molar-refractivity contribution in [1.82, 2.24) is 9.88 Å². The van der Waals surface area contributed by atoms with Crippen molar-refractivity contribution in [1.29, 1.82) is 0 Å². The minimum absolute atomic E-state index is 0.473. The molecule has 0 aliphatic heterocycles. The third kappa shape index (κ3) is 4.84. The van der Waals surface area contributed by atoms with Crippen molar-refractivity contribution < 1.29 is 13.9 Å². The van der Waals surface area contributed by atoms with Gasteiger partial charge in [-0.25, -0.2) is 4.98 Å². The molecule has 2 aromatic heterocycles. The summed E-state index contributed by atoms with van der Waals surface area (Å²) in [6.07, 6.45) is 3.46. The standard InChI is InChI=1S/C19H22N2O3S/c1-14-20-17(13-25-14)12-24-18-4-5-19(22-3)16(8-18)10-21(2)9-15-6-7-23-11-15/h4-8,11,13H,9-10,12H2,1-3H3. The highest BCUT2D eigenvalue weighted by Crippen LogP contribution is 2.26. The molecular formula is C19H22N2O3S. The maximum Gasteiger partial charge on any atom is 0.131 e. The zero-order chi connectivity index (χ0) is 17.6. The SMILES string of the molecule is COc1ccc(OCc2csc(C)n2)cc1CN(C)Cc1ccoc1. The fraction of sp³-hybridized carbons (Fsp3) is 0.316. The van der Waals surface area contributed by atoms with E-state index in [0.717, 1.165) is 46.4 Å². The first-order valence-corrected chi connectivity index (χ1v) is 8.92. The fourth-order valence-electron chi connectivity index (χ4n) is 2.64. The smallest absolute Gasteiger partial charge is 0.131 e. The molecule has 0 radical (unpaired) electrons. The van der Waals surface area contributed by atoms with Gasteiger partial charge in [-0.05, 0) is 38.2 Å². The summed E-state index contributed by atoms with van der Waals surface area (Å²) in [4.78, 5) is 6.63. The van der Waals surface area contributed by atoms with E-state index >= 15 is 0 Å². The van der Waals surface area contributed by atoms with Crippen LogP contribution in [0.2, 0.25) is 0 Å². The molecule has 132 valence electrons. The van der Waals surface area contributed by atoms with E-state index in [0.29, 0.717) is 6.61 Å². The van der Waals surface area contributed by atoms with Gasteiger partial charge in [-0.3, -0.25) is 4.90 Å². The van der Waals surface area contributed by atoms with E-state index < -0.39 is 0 Å². The van der Waals surface area contributed by atoms with Crippen molar-refractivity contribution in [2.75, 3.05) is 14.2 Å². The first-order chi connectivity index (χ1) is 12.1. The van der Waals surface area contributed by atoms with Crippen LogP contribution in [0, 0.1) is 6.92 Å². The van der Waals surface area contributed by atoms with E-state index in [2.05, 4.69) is 16.9 Å². The summed E-state index contributed by atoms with van der Waals surface area (Å²) in [6, 6.07) is 7.88. The topological polar surface area (TPSA) is 47.7 Å². The van der Waals surface area contributed by atoms with E-state index in [1.165, 1.54) is 0 Å². The van der Waals surface area contributed by atoms with Gasteiger partial charge in [0.05, 0.1) is 30.3 Å². The maximum absolute atomic E-state index is 5.89. The highest BCUT2D eigenvalue weighted by Gasteiger charge is 2.10. The monoisotopic (exact) mass is 358 g/mol. The number of benzene rings is 1. The van der Waals surface area contributed by atoms with Crippen molar-refractivity contribution in [3.05, 3.63) is 64.0 Å². The number of ether oxygens (including phenoxy) is 2. The predicted molar refractivity (Wildman–Crippen MR) is 98.1 cm³/mol. The lowest BCUT2D eigenvalue weighted by atomic mass is 10.1. The van der Waals surface area contributed by atoms with Gasteiger partial charge in [-0.1, -0.05) is 0 Å². The van der Waals surface area contributed by atoms with E-state index in [9.17, 15) is 0 Å². The van der Waals surface area contributed by atoms with E-state index in [1.54, 1.807) is 31.0 Å². The minimum Gasteiger partial charge on any atom is -0.496 e. The van der Waals surface area contributed by atoms with Crippen LogP contribution in [0.3, 0.4) is 0 Å². The number of aromatic nitrogens is 1. The maximum atomic E-state index is 5.89. The van der Waals surface area contributed by atoms with Crippen LogP contribution >= 0.6 is 11.3 Å². The molecule has 6 heteroatoms. The Morgan fingerprint density at radius 1 is 1.24 bits per heavy atom. The summed E-state index contributed by atoms with van der Waals surface area (Å²) in [7, 11) is 3.76. The Morgan fingerprint density at radius 2 is 2.12 bits per heavy atom. The van der Waals surface area contributed by atoms with Crippen LogP contribution < -0.4 is 9.47 Å². The van der Waals surface area contributed by atoms with Gasteiger partial charge in [-0.15, -0.1) is 11.3 Å². The third-order valence-corrected chi connectivity index (χ3v) is 4.60. The Morgan fingerprint density at radius 3 is 2.80 bits per heavy atom. The average Bonchev–Trinajstić information content (AvgIpc) is 3.24. The molecule has 0 aliphatic rings. The van der Waals surface area contributed by atoms with E-state index in [-0.39, 0.29) is 0 Å². The van der Waals surface area contributed by atoms with Crippen LogP contribution in [-0.4, -0.2) is 24.0 Å². The molecular weight excluding hydrogens is 336 g/mol. The molecule has 0 saturated heterocycles. The number of thiazole rings is 1. The molecule has 1 aromatic carbocycles. The largest absolute Gasteiger partial charge is 0.496 e. The zero-order valence-electron chi connectivity index (χ0n) is 14.7. The van der Waals surface area contributed by atoms with Crippen LogP contribution in [0.15, 0.2) is 46.6 Å². The molecule has 0 fully saturated rings. The summed E-state index contributed by atoms with van der Waals surface area (Å²) in [5.41, 5.74) is 3.19. The van der Waals surface area contributed by atoms with Crippen LogP contribution in [0.5, 0.6) is 11.5 Å². The second-order valence-corrected chi connectivity index (χ2v) is 6.99. The molecule has 3 rings (SSSR count). The molecule has 25 heavy (non-hydrogen) atoms.